The van der Waals surface area contributed by atoms with Crippen molar-refractivity contribution < 1.29 is 26.7 Å². The molecular weight excluding hydrogens is 506 g/mol. The third kappa shape index (κ3) is 5.43. The van der Waals surface area contributed by atoms with Crippen molar-refractivity contribution >= 4 is 15.5 Å². The Morgan fingerprint density at radius 3 is 2.41 bits per heavy atom. The summed E-state index contributed by atoms with van der Waals surface area (Å²) in [5.41, 5.74) is 5.58. The van der Waals surface area contributed by atoms with Crippen LogP contribution in [0.2, 0.25) is 0 Å². The maximum absolute atomic E-state index is 13.7. The van der Waals surface area contributed by atoms with Gasteiger partial charge in [-0.1, -0.05) is 12.1 Å². The second kappa shape index (κ2) is 10.3. The van der Waals surface area contributed by atoms with Crippen LogP contribution in [0.3, 0.4) is 0 Å². The molecule has 0 amide bonds. The van der Waals surface area contributed by atoms with Gasteiger partial charge in [0.25, 0.3) is 17.1 Å². The summed E-state index contributed by atoms with van der Waals surface area (Å²) < 4.78 is 65.5. The van der Waals surface area contributed by atoms with Crippen LogP contribution in [-0.4, -0.2) is 37.2 Å². The number of methoxy groups -OCH3 is 2. The molecular formula is C25H22F2N4O5S. The number of ether oxygens (including phenoxy) is 2. The van der Waals surface area contributed by atoms with Crippen LogP contribution in [-0.2, 0) is 16.4 Å². The highest BCUT2D eigenvalue weighted by Gasteiger charge is 2.25. The van der Waals surface area contributed by atoms with Crippen molar-refractivity contribution in [2.24, 2.45) is 0 Å². The zero-order chi connectivity index (χ0) is 26.7. The maximum Gasteiger partial charge on any atom is 0.280 e. The number of nitrogens with zero attached hydrogens (tertiary/aromatic N) is 3. The summed E-state index contributed by atoms with van der Waals surface area (Å²) in [7, 11) is -1.37. The van der Waals surface area contributed by atoms with E-state index in [4.69, 9.17) is 15.2 Å². The Morgan fingerprint density at radius 2 is 1.73 bits per heavy atom. The summed E-state index contributed by atoms with van der Waals surface area (Å²) in [6, 6.07) is 14.1. The lowest BCUT2D eigenvalue weighted by Gasteiger charge is -2.13. The summed E-state index contributed by atoms with van der Waals surface area (Å²) in [6.45, 7) is 0.119. The first-order chi connectivity index (χ1) is 17.6. The lowest BCUT2D eigenvalue weighted by atomic mass is 10.1. The lowest BCUT2D eigenvalue weighted by molar-refractivity contribution is 0.145. The van der Waals surface area contributed by atoms with E-state index in [1.165, 1.54) is 61.4 Å². The summed E-state index contributed by atoms with van der Waals surface area (Å²) in [4.78, 5) is 20.0. The predicted octanol–water partition coefficient (Wildman–Crippen LogP) is 3.72. The maximum atomic E-state index is 13.7. The fourth-order valence-electron chi connectivity index (χ4n) is 3.59. The summed E-state index contributed by atoms with van der Waals surface area (Å²) in [5.74, 6) is 0.986. The zero-order valence-electron chi connectivity index (χ0n) is 19.8. The summed E-state index contributed by atoms with van der Waals surface area (Å²) in [5, 5.41) is -0.802. The van der Waals surface area contributed by atoms with E-state index in [-0.39, 0.29) is 33.9 Å². The number of hydrogen-bond donors (Lipinski definition) is 1. The number of rotatable bonds is 8. The van der Waals surface area contributed by atoms with E-state index in [2.05, 4.69) is 9.97 Å². The molecule has 0 spiro atoms. The average Bonchev–Trinajstić information content (AvgIpc) is 2.89. The first-order valence-corrected chi connectivity index (χ1v) is 12.3. The molecule has 0 saturated heterocycles. The second-order valence-corrected chi connectivity index (χ2v) is 9.75. The van der Waals surface area contributed by atoms with Gasteiger partial charge >= 0.3 is 0 Å². The average molecular weight is 529 g/mol. The van der Waals surface area contributed by atoms with E-state index >= 15 is 0 Å². The van der Waals surface area contributed by atoms with E-state index in [0.717, 1.165) is 6.07 Å². The van der Waals surface area contributed by atoms with Gasteiger partial charge < -0.3 is 19.8 Å². The van der Waals surface area contributed by atoms with E-state index < -0.39 is 27.1 Å². The molecule has 0 unspecified atom stereocenters. The van der Waals surface area contributed by atoms with E-state index in [9.17, 15) is 22.0 Å². The molecule has 4 rings (SSSR count). The number of halogens is 2. The smallest absolute Gasteiger partial charge is 0.280 e. The quantitative estimate of drug-likeness (QED) is 0.271. The van der Waals surface area contributed by atoms with Crippen LogP contribution in [0.4, 0.5) is 14.5 Å². The molecule has 0 aliphatic heterocycles. The highest BCUT2D eigenvalue weighted by molar-refractivity contribution is 7.91. The van der Waals surface area contributed by atoms with Gasteiger partial charge in [0.05, 0.1) is 31.4 Å². The highest BCUT2D eigenvalue weighted by Crippen LogP contribution is 2.29. The Morgan fingerprint density at radius 1 is 0.973 bits per heavy atom. The first kappa shape index (κ1) is 25.8. The Labute approximate surface area is 211 Å². The molecule has 0 radical (unpaired) electrons. The van der Waals surface area contributed by atoms with E-state index in [1.807, 2.05) is 0 Å². The number of hydrogen-bond acceptors (Lipinski definition) is 8. The molecule has 2 heterocycles. The summed E-state index contributed by atoms with van der Waals surface area (Å²) in [6.07, 6.45) is -1.65. The standard InChI is InChI=1S/C25H22F2N4O5S/c1-35-21-8-6-15(10-22(21)36-2)13-31-14-16(7-9-23(31)32)19-12-20(24(26)27)30-25(29-19)37(33,34)18-5-3-4-17(28)11-18/h3-12,14,24H,13,28H2,1-2H3. The number of nitrogens with two attached hydrogens (primary N) is 1. The SMILES string of the molecule is COc1ccc(Cn2cc(-c3cc(C(F)F)nc(S(=O)(=O)c4cccc(N)c4)n3)ccc2=O)cc1OC. The highest BCUT2D eigenvalue weighted by atomic mass is 32.2. The Hall–Kier alpha value is -4.32. The summed E-state index contributed by atoms with van der Waals surface area (Å²) >= 11 is 0. The molecule has 12 heteroatoms. The van der Waals surface area contributed by atoms with Crippen LogP contribution in [0.25, 0.3) is 11.3 Å². The van der Waals surface area contributed by atoms with Gasteiger partial charge in [0.2, 0.25) is 9.84 Å². The van der Waals surface area contributed by atoms with Crippen molar-refractivity contribution in [2.45, 2.75) is 23.0 Å². The fraction of sp³-hybridized carbons (Fsp3) is 0.160. The van der Waals surface area contributed by atoms with Crippen LogP contribution in [0.15, 0.2) is 81.7 Å². The molecule has 0 atom stereocenters. The zero-order valence-corrected chi connectivity index (χ0v) is 20.6. The van der Waals surface area contributed by atoms with Crippen LogP contribution < -0.4 is 20.8 Å². The van der Waals surface area contributed by atoms with Crippen molar-refractivity contribution in [1.82, 2.24) is 14.5 Å². The largest absolute Gasteiger partial charge is 0.493 e. The second-order valence-electron chi connectivity index (χ2n) is 7.91. The lowest BCUT2D eigenvalue weighted by Crippen LogP contribution is -2.19. The third-order valence-corrected chi connectivity index (χ3v) is 6.98. The first-order valence-electron chi connectivity index (χ1n) is 10.8. The van der Waals surface area contributed by atoms with Crippen molar-refractivity contribution in [1.29, 1.82) is 0 Å². The monoisotopic (exact) mass is 528 g/mol. The van der Waals surface area contributed by atoms with Gasteiger partial charge in [-0.25, -0.2) is 27.2 Å². The number of sulfone groups is 1. The molecule has 0 aliphatic carbocycles. The minimum absolute atomic E-state index is 0.0890. The Bertz CT molecular complexity index is 1620. The molecule has 0 bridgehead atoms. The van der Waals surface area contributed by atoms with E-state index in [0.29, 0.717) is 17.1 Å². The van der Waals surface area contributed by atoms with Gasteiger partial charge in [0, 0.05) is 23.5 Å². The Kier molecular flexibility index (Phi) is 7.21. The molecule has 2 N–H and O–H groups in total. The molecule has 192 valence electrons. The minimum atomic E-state index is -4.36. The molecule has 2 aromatic carbocycles. The van der Waals surface area contributed by atoms with Crippen LogP contribution in [0.1, 0.15) is 17.7 Å². The number of benzene rings is 2. The van der Waals surface area contributed by atoms with Crippen molar-refractivity contribution in [3.05, 3.63) is 88.5 Å². The number of alkyl halides is 2. The third-order valence-electron chi connectivity index (χ3n) is 5.44. The van der Waals surface area contributed by atoms with Crippen LogP contribution in [0.5, 0.6) is 11.5 Å². The van der Waals surface area contributed by atoms with Gasteiger partial charge in [0.1, 0.15) is 5.69 Å². The molecule has 0 aliphatic rings. The number of nitrogen functional groups attached to an aromatic ring is 1. The van der Waals surface area contributed by atoms with E-state index in [1.54, 1.807) is 18.2 Å². The van der Waals surface area contributed by atoms with Crippen molar-refractivity contribution in [3.8, 4) is 22.8 Å². The van der Waals surface area contributed by atoms with Crippen molar-refractivity contribution in [3.63, 3.8) is 0 Å². The van der Waals surface area contributed by atoms with Gasteiger partial charge in [-0.3, -0.25) is 4.79 Å². The molecule has 4 aromatic rings. The van der Waals surface area contributed by atoms with Gasteiger partial charge in [-0.2, -0.15) is 0 Å². The van der Waals surface area contributed by atoms with Gasteiger partial charge in [0.15, 0.2) is 11.5 Å². The topological polar surface area (TPSA) is 126 Å². The van der Waals surface area contributed by atoms with Crippen molar-refractivity contribution in [2.75, 3.05) is 20.0 Å². The molecule has 2 aromatic heterocycles. The van der Waals surface area contributed by atoms with Crippen LogP contribution in [0, 0.1) is 0 Å². The Balaban J connectivity index is 1.79. The normalized spacial score (nSPS) is 11.5. The molecule has 37 heavy (non-hydrogen) atoms. The number of anilines is 1. The van der Waals surface area contributed by atoms with Gasteiger partial charge in [-0.05, 0) is 48.0 Å². The predicted molar refractivity (Wildman–Crippen MR) is 132 cm³/mol. The minimum Gasteiger partial charge on any atom is -0.493 e. The molecule has 0 fully saturated rings. The molecule has 0 saturated carbocycles. The number of aromatic nitrogens is 3. The molecule has 9 nitrogen and oxygen atoms in total. The van der Waals surface area contributed by atoms with Crippen LogP contribution >= 0.6 is 0 Å². The number of pyridine rings is 1. The van der Waals surface area contributed by atoms with Gasteiger partial charge in [-0.15, -0.1) is 0 Å². The fourth-order valence-corrected chi connectivity index (χ4v) is 4.80.